The number of likely N-dealkylation sites (tertiary alicyclic amines) is 1. The number of alkyl halides is 3. The molecule has 126 valence electrons. The molecule has 1 heterocycles. The third-order valence-corrected chi connectivity index (χ3v) is 3.88. The predicted molar refractivity (Wildman–Crippen MR) is 78.9 cm³/mol. The van der Waals surface area contributed by atoms with E-state index in [9.17, 15) is 22.8 Å². The van der Waals surface area contributed by atoms with Crippen molar-refractivity contribution < 1.29 is 22.8 Å². The first-order chi connectivity index (χ1) is 10.8. The fourth-order valence-corrected chi connectivity index (χ4v) is 2.64. The van der Waals surface area contributed by atoms with Gasteiger partial charge in [-0.2, -0.15) is 13.2 Å². The Hall–Kier alpha value is -2.05. The summed E-state index contributed by atoms with van der Waals surface area (Å²) in [7, 11) is 0. The monoisotopic (exact) mass is 328 g/mol. The molecule has 0 saturated carbocycles. The fraction of sp³-hybridized carbons (Fsp3) is 0.500. The van der Waals surface area contributed by atoms with Crippen LogP contribution in [0.15, 0.2) is 24.3 Å². The standard InChI is InChI=1S/C16H19F3N2O2/c1-11-3-2-4-13(9-11)15(23)21-7-5-12(6-8-21)14(22)20-10-16(17,18)19/h2-4,9,12H,5-8,10H2,1H3,(H,20,22). The molecule has 4 nitrogen and oxygen atoms in total. The highest BCUT2D eigenvalue weighted by Gasteiger charge is 2.31. The summed E-state index contributed by atoms with van der Waals surface area (Å²) in [6.45, 7) is 1.33. The van der Waals surface area contributed by atoms with Crippen LogP contribution in [0.1, 0.15) is 28.8 Å². The van der Waals surface area contributed by atoms with Crippen LogP contribution >= 0.6 is 0 Å². The number of halogens is 3. The van der Waals surface area contributed by atoms with Gasteiger partial charge in [-0.05, 0) is 31.9 Å². The molecule has 1 aromatic rings. The Kier molecular flexibility index (Phi) is 5.28. The van der Waals surface area contributed by atoms with Gasteiger partial charge in [0.05, 0.1) is 0 Å². The van der Waals surface area contributed by atoms with Gasteiger partial charge in [-0.3, -0.25) is 9.59 Å². The minimum atomic E-state index is -4.41. The molecular weight excluding hydrogens is 309 g/mol. The molecule has 0 aliphatic carbocycles. The summed E-state index contributed by atoms with van der Waals surface area (Å²) < 4.78 is 36.3. The van der Waals surface area contributed by atoms with E-state index in [4.69, 9.17) is 0 Å². The molecule has 1 N–H and O–H groups in total. The molecule has 1 aliphatic heterocycles. The predicted octanol–water partition coefficient (Wildman–Crippen LogP) is 2.53. The van der Waals surface area contributed by atoms with Crippen molar-refractivity contribution >= 4 is 11.8 Å². The lowest BCUT2D eigenvalue weighted by Crippen LogP contribution is -2.44. The van der Waals surface area contributed by atoms with Crippen LogP contribution in [0.3, 0.4) is 0 Å². The number of rotatable bonds is 3. The summed E-state index contributed by atoms with van der Waals surface area (Å²) in [6.07, 6.45) is -3.65. The van der Waals surface area contributed by atoms with E-state index in [1.54, 1.807) is 23.1 Å². The van der Waals surface area contributed by atoms with Gasteiger partial charge in [-0.15, -0.1) is 0 Å². The fourth-order valence-electron chi connectivity index (χ4n) is 2.64. The summed E-state index contributed by atoms with van der Waals surface area (Å²) in [5, 5.41) is 1.91. The zero-order valence-corrected chi connectivity index (χ0v) is 12.8. The van der Waals surface area contributed by atoms with Crippen LogP contribution in [0.25, 0.3) is 0 Å². The van der Waals surface area contributed by atoms with E-state index < -0.39 is 24.5 Å². The summed E-state index contributed by atoms with van der Waals surface area (Å²) >= 11 is 0. The molecule has 1 aromatic carbocycles. The smallest absolute Gasteiger partial charge is 0.347 e. The second kappa shape index (κ2) is 7.02. The van der Waals surface area contributed by atoms with Crippen LogP contribution in [-0.2, 0) is 4.79 Å². The number of hydrogen-bond acceptors (Lipinski definition) is 2. The van der Waals surface area contributed by atoms with Gasteiger partial charge in [0.15, 0.2) is 0 Å². The van der Waals surface area contributed by atoms with Crippen LogP contribution in [0.5, 0.6) is 0 Å². The Morgan fingerprint density at radius 1 is 1.26 bits per heavy atom. The zero-order valence-electron chi connectivity index (χ0n) is 12.8. The van der Waals surface area contributed by atoms with E-state index in [0.717, 1.165) is 5.56 Å². The van der Waals surface area contributed by atoms with E-state index in [0.29, 0.717) is 31.5 Å². The number of hydrogen-bond donors (Lipinski definition) is 1. The first kappa shape index (κ1) is 17.3. The molecular formula is C16H19F3N2O2. The molecule has 0 bridgehead atoms. The van der Waals surface area contributed by atoms with Gasteiger partial charge >= 0.3 is 6.18 Å². The quantitative estimate of drug-likeness (QED) is 0.927. The topological polar surface area (TPSA) is 49.4 Å². The number of piperidine rings is 1. The van der Waals surface area contributed by atoms with Gasteiger partial charge in [0, 0.05) is 24.6 Å². The highest BCUT2D eigenvalue weighted by atomic mass is 19.4. The van der Waals surface area contributed by atoms with Gasteiger partial charge in [0.2, 0.25) is 5.91 Å². The van der Waals surface area contributed by atoms with Gasteiger partial charge in [-0.25, -0.2) is 0 Å². The first-order valence-corrected chi connectivity index (χ1v) is 7.46. The molecule has 0 spiro atoms. The maximum atomic E-state index is 12.4. The highest BCUT2D eigenvalue weighted by Crippen LogP contribution is 2.20. The van der Waals surface area contributed by atoms with Crippen molar-refractivity contribution in [2.45, 2.75) is 25.9 Å². The van der Waals surface area contributed by atoms with Crippen LogP contribution in [0, 0.1) is 12.8 Å². The van der Waals surface area contributed by atoms with Gasteiger partial charge in [0.25, 0.3) is 5.91 Å². The molecule has 0 unspecified atom stereocenters. The Labute approximate surface area is 132 Å². The number of nitrogens with zero attached hydrogens (tertiary/aromatic N) is 1. The third-order valence-electron chi connectivity index (χ3n) is 3.88. The molecule has 0 radical (unpaired) electrons. The SMILES string of the molecule is Cc1cccc(C(=O)N2CCC(C(=O)NCC(F)(F)F)CC2)c1. The van der Waals surface area contributed by atoms with Crippen LogP contribution in [0.4, 0.5) is 13.2 Å². The number of nitrogens with one attached hydrogen (secondary N) is 1. The Morgan fingerprint density at radius 2 is 1.91 bits per heavy atom. The molecule has 0 atom stereocenters. The lowest BCUT2D eigenvalue weighted by Gasteiger charge is -2.31. The highest BCUT2D eigenvalue weighted by molar-refractivity contribution is 5.94. The largest absolute Gasteiger partial charge is 0.405 e. The summed E-state index contributed by atoms with van der Waals surface area (Å²) in [4.78, 5) is 25.7. The minimum Gasteiger partial charge on any atom is -0.347 e. The van der Waals surface area contributed by atoms with Gasteiger partial charge < -0.3 is 10.2 Å². The molecule has 7 heteroatoms. The zero-order chi connectivity index (χ0) is 17.0. The van der Waals surface area contributed by atoms with Crippen molar-refractivity contribution in [3.63, 3.8) is 0 Å². The van der Waals surface area contributed by atoms with Crippen LogP contribution in [0.2, 0.25) is 0 Å². The van der Waals surface area contributed by atoms with Crippen molar-refractivity contribution in [2.24, 2.45) is 5.92 Å². The van der Waals surface area contributed by atoms with E-state index >= 15 is 0 Å². The molecule has 1 saturated heterocycles. The average molecular weight is 328 g/mol. The van der Waals surface area contributed by atoms with E-state index in [1.165, 1.54) is 0 Å². The lowest BCUT2D eigenvalue weighted by atomic mass is 9.95. The third kappa shape index (κ3) is 4.97. The number of amides is 2. The molecule has 0 aromatic heterocycles. The maximum Gasteiger partial charge on any atom is 0.405 e. The molecule has 2 rings (SSSR count). The normalized spacial score (nSPS) is 16.3. The minimum absolute atomic E-state index is 0.108. The summed E-state index contributed by atoms with van der Waals surface area (Å²) in [5.74, 6) is -1.17. The van der Waals surface area contributed by atoms with Crippen molar-refractivity contribution in [3.05, 3.63) is 35.4 Å². The van der Waals surface area contributed by atoms with Gasteiger partial charge in [0.1, 0.15) is 6.54 Å². The van der Waals surface area contributed by atoms with Crippen molar-refractivity contribution in [2.75, 3.05) is 19.6 Å². The molecule has 2 amide bonds. The van der Waals surface area contributed by atoms with E-state index in [-0.39, 0.29) is 5.91 Å². The van der Waals surface area contributed by atoms with Crippen molar-refractivity contribution in [1.82, 2.24) is 10.2 Å². The van der Waals surface area contributed by atoms with Crippen LogP contribution in [-0.4, -0.2) is 42.5 Å². The summed E-state index contributed by atoms with van der Waals surface area (Å²) in [5.41, 5.74) is 1.57. The number of carbonyl (C=O) groups is 2. The van der Waals surface area contributed by atoms with E-state index in [2.05, 4.69) is 0 Å². The van der Waals surface area contributed by atoms with E-state index in [1.807, 2.05) is 18.3 Å². The second-order valence-corrected chi connectivity index (χ2v) is 5.77. The van der Waals surface area contributed by atoms with Crippen molar-refractivity contribution in [3.8, 4) is 0 Å². The Balaban J connectivity index is 1.86. The lowest BCUT2D eigenvalue weighted by molar-refractivity contribution is -0.141. The first-order valence-electron chi connectivity index (χ1n) is 7.46. The Bertz CT molecular complexity index is 579. The number of aryl methyl sites for hydroxylation is 1. The maximum absolute atomic E-state index is 12.4. The summed E-state index contributed by atoms with van der Waals surface area (Å²) in [6, 6.07) is 7.23. The number of benzene rings is 1. The average Bonchev–Trinajstić information content (AvgIpc) is 2.51. The molecule has 1 fully saturated rings. The second-order valence-electron chi connectivity index (χ2n) is 5.77. The number of carbonyl (C=O) groups excluding carboxylic acids is 2. The van der Waals surface area contributed by atoms with Gasteiger partial charge in [-0.1, -0.05) is 17.7 Å². The molecule has 23 heavy (non-hydrogen) atoms. The van der Waals surface area contributed by atoms with Crippen LogP contribution < -0.4 is 5.32 Å². The Morgan fingerprint density at radius 3 is 2.48 bits per heavy atom. The van der Waals surface area contributed by atoms with Crippen molar-refractivity contribution in [1.29, 1.82) is 0 Å². The molecule has 1 aliphatic rings.